The van der Waals surface area contributed by atoms with Crippen molar-refractivity contribution < 1.29 is 23.1 Å². The van der Waals surface area contributed by atoms with Crippen LogP contribution in [0.2, 0.25) is 0 Å². The predicted molar refractivity (Wildman–Crippen MR) is 106 cm³/mol. The van der Waals surface area contributed by atoms with Gasteiger partial charge < -0.3 is 19.8 Å². The van der Waals surface area contributed by atoms with Crippen LogP contribution in [0.3, 0.4) is 0 Å². The van der Waals surface area contributed by atoms with E-state index >= 15 is 0 Å². The van der Waals surface area contributed by atoms with Crippen LogP contribution < -0.4 is 10.6 Å². The number of nitrogens with one attached hydrogen (secondary N) is 2. The summed E-state index contributed by atoms with van der Waals surface area (Å²) in [6.45, 7) is 5.76. The van der Waals surface area contributed by atoms with Gasteiger partial charge >= 0.3 is 12.0 Å². The van der Waals surface area contributed by atoms with Crippen molar-refractivity contribution in [3.8, 4) is 0 Å². The zero-order chi connectivity index (χ0) is 20.4. The van der Waals surface area contributed by atoms with E-state index < -0.39 is 18.0 Å². The minimum absolute atomic E-state index is 0.0305. The van der Waals surface area contributed by atoms with Crippen LogP contribution >= 0.6 is 11.3 Å². The van der Waals surface area contributed by atoms with Crippen molar-refractivity contribution in [3.63, 3.8) is 0 Å². The number of aryl methyl sites for hydroxylation is 1. The fourth-order valence-electron chi connectivity index (χ4n) is 2.96. The smallest absolute Gasteiger partial charge is 0.348 e. The minimum Gasteiger partial charge on any atom is -0.465 e. The molecule has 2 heterocycles. The number of amides is 2. The van der Waals surface area contributed by atoms with Crippen molar-refractivity contribution in [2.24, 2.45) is 5.92 Å². The average Bonchev–Trinajstić information content (AvgIpc) is 3.24. The van der Waals surface area contributed by atoms with E-state index in [1.165, 1.54) is 30.6 Å². The molecular formula is C20H21FN2O4S. The average molecular weight is 404 g/mol. The molecule has 0 aliphatic heterocycles. The number of furan rings is 1. The van der Waals surface area contributed by atoms with Crippen LogP contribution in [0, 0.1) is 18.7 Å². The number of methoxy groups -OCH3 is 1. The lowest BCUT2D eigenvalue weighted by atomic mass is 9.98. The number of hydrogen-bond donors (Lipinski definition) is 2. The van der Waals surface area contributed by atoms with Gasteiger partial charge in [0.1, 0.15) is 22.0 Å². The Morgan fingerprint density at radius 3 is 2.68 bits per heavy atom. The highest BCUT2D eigenvalue weighted by atomic mass is 32.1. The highest BCUT2D eigenvalue weighted by Crippen LogP contribution is 2.33. The molecule has 0 saturated carbocycles. The Hall–Kier alpha value is -2.87. The summed E-state index contributed by atoms with van der Waals surface area (Å²) in [5, 5.41) is 7.95. The van der Waals surface area contributed by atoms with Gasteiger partial charge in [-0.3, -0.25) is 0 Å². The minimum atomic E-state index is -0.455. The van der Waals surface area contributed by atoms with Crippen LogP contribution in [0.25, 0.3) is 11.0 Å². The van der Waals surface area contributed by atoms with Gasteiger partial charge in [0.2, 0.25) is 0 Å². The second kappa shape index (κ2) is 8.02. The third-order valence-corrected chi connectivity index (χ3v) is 5.33. The number of carbonyl (C=O) groups excluding carboxylic acids is 2. The Kier molecular flexibility index (Phi) is 5.69. The van der Waals surface area contributed by atoms with Crippen molar-refractivity contribution in [2.45, 2.75) is 26.8 Å². The molecule has 6 nitrogen and oxygen atoms in total. The summed E-state index contributed by atoms with van der Waals surface area (Å²) in [5.74, 6) is -0.174. The Balaban J connectivity index is 1.80. The number of hydrogen-bond acceptors (Lipinski definition) is 5. The Bertz CT molecular complexity index is 1020. The summed E-state index contributed by atoms with van der Waals surface area (Å²) >= 11 is 1.18. The molecule has 2 N–H and O–H groups in total. The topological polar surface area (TPSA) is 80.6 Å². The van der Waals surface area contributed by atoms with E-state index in [1.54, 1.807) is 17.5 Å². The zero-order valence-electron chi connectivity index (χ0n) is 16.0. The summed E-state index contributed by atoms with van der Waals surface area (Å²) < 4.78 is 24.1. The predicted octanol–water partition coefficient (Wildman–Crippen LogP) is 5.25. The van der Waals surface area contributed by atoms with Crippen LogP contribution in [-0.2, 0) is 4.74 Å². The van der Waals surface area contributed by atoms with Crippen molar-refractivity contribution >= 4 is 40.0 Å². The number of halogens is 1. The molecule has 0 unspecified atom stereocenters. The Morgan fingerprint density at radius 1 is 1.25 bits per heavy atom. The summed E-state index contributed by atoms with van der Waals surface area (Å²) in [4.78, 5) is 24.4. The van der Waals surface area contributed by atoms with Crippen LogP contribution in [0.4, 0.5) is 14.9 Å². The molecule has 1 aromatic carbocycles. The fraction of sp³-hybridized carbons (Fsp3) is 0.300. The van der Waals surface area contributed by atoms with E-state index in [1.807, 2.05) is 20.8 Å². The highest BCUT2D eigenvalue weighted by Gasteiger charge is 2.25. The van der Waals surface area contributed by atoms with Gasteiger partial charge in [0.25, 0.3) is 0 Å². The van der Waals surface area contributed by atoms with E-state index in [4.69, 9.17) is 4.42 Å². The summed E-state index contributed by atoms with van der Waals surface area (Å²) in [6.07, 6.45) is 0. The third kappa shape index (κ3) is 4.01. The largest absolute Gasteiger partial charge is 0.465 e. The quantitative estimate of drug-likeness (QED) is 0.569. The normalized spacial score (nSPS) is 12.2. The van der Waals surface area contributed by atoms with Crippen molar-refractivity contribution in [3.05, 3.63) is 51.7 Å². The first-order valence-electron chi connectivity index (χ1n) is 8.73. The summed E-state index contributed by atoms with van der Waals surface area (Å²) in [6, 6.07) is 5.06. The van der Waals surface area contributed by atoms with E-state index in [9.17, 15) is 14.0 Å². The maximum Gasteiger partial charge on any atom is 0.348 e. The molecule has 1 atom stereocenters. The highest BCUT2D eigenvalue weighted by molar-refractivity contribution is 7.12. The van der Waals surface area contributed by atoms with Gasteiger partial charge in [-0.1, -0.05) is 13.8 Å². The standard InChI is InChI=1S/C20H21FN2O4S/c1-10(2)17(18-11(3)14-7-12(21)5-6-15(14)27-18)23-20(25)22-13-8-16(28-9-13)19(24)26-4/h5-10,17H,1-4H3,(H2,22,23,25)/t17-/m0/s1. The molecule has 0 fully saturated rings. The van der Waals surface area contributed by atoms with Crippen molar-refractivity contribution in [1.29, 1.82) is 0 Å². The number of urea groups is 1. The molecule has 3 aromatic rings. The monoisotopic (exact) mass is 404 g/mol. The molecule has 0 spiro atoms. The second-order valence-electron chi connectivity index (χ2n) is 6.74. The molecule has 2 amide bonds. The molecule has 2 aromatic heterocycles. The number of esters is 1. The summed E-state index contributed by atoms with van der Waals surface area (Å²) in [5.41, 5.74) is 1.85. The number of thiophene rings is 1. The van der Waals surface area contributed by atoms with Gasteiger partial charge in [0.15, 0.2) is 0 Å². The van der Waals surface area contributed by atoms with Gasteiger partial charge in [-0.2, -0.15) is 0 Å². The maximum atomic E-state index is 13.6. The first-order valence-corrected chi connectivity index (χ1v) is 9.61. The van der Waals surface area contributed by atoms with E-state index in [0.717, 1.165) is 5.56 Å². The van der Waals surface area contributed by atoms with Gasteiger partial charge in [0, 0.05) is 16.3 Å². The number of anilines is 1. The first-order chi connectivity index (χ1) is 13.3. The molecule has 28 heavy (non-hydrogen) atoms. The lowest BCUT2D eigenvalue weighted by Crippen LogP contribution is -2.35. The van der Waals surface area contributed by atoms with Crippen LogP contribution in [-0.4, -0.2) is 19.1 Å². The van der Waals surface area contributed by atoms with Gasteiger partial charge in [-0.15, -0.1) is 11.3 Å². The van der Waals surface area contributed by atoms with Crippen LogP contribution in [0.5, 0.6) is 0 Å². The molecular weight excluding hydrogens is 383 g/mol. The lowest BCUT2D eigenvalue weighted by molar-refractivity contribution is 0.0606. The molecule has 0 aliphatic carbocycles. The molecule has 3 rings (SSSR count). The van der Waals surface area contributed by atoms with E-state index in [0.29, 0.717) is 27.3 Å². The molecule has 148 valence electrons. The SMILES string of the molecule is COC(=O)c1cc(NC(=O)N[C@H](c2oc3ccc(F)cc3c2C)C(C)C)cs1. The zero-order valence-corrected chi connectivity index (χ0v) is 16.8. The number of carbonyl (C=O) groups is 2. The van der Waals surface area contributed by atoms with Crippen LogP contribution in [0.1, 0.15) is 40.9 Å². The van der Waals surface area contributed by atoms with E-state index in [-0.39, 0.29) is 11.7 Å². The Morgan fingerprint density at radius 2 is 2.00 bits per heavy atom. The number of ether oxygens (including phenoxy) is 1. The molecule has 0 bridgehead atoms. The number of fused-ring (bicyclic) bond motifs is 1. The van der Waals surface area contributed by atoms with Crippen LogP contribution in [0.15, 0.2) is 34.1 Å². The third-order valence-electron chi connectivity index (χ3n) is 4.41. The summed E-state index contributed by atoms with van der Waals surface area (Å²) in [7, 11) is 1.30. The fourth-order valence-corrected chi connectivity index (χ4v) is 3.72. The van der Waals surface area contributed by atoms with Gasteiger partial charge in [0.05, 0.1) is 18.8 Å². The number of benzene rings is 1. The second-order valence-corrected chi connectivity index (χ2v) is 7.65. The van der Waals surface area contributed by atoms with E-state index in [2.05, 4.69) is 15.4 Å². The maximum absolute atomic E-state index is 13.6. The lowest BCUT2D eigenvalue weighted by Gasteiger charge is -2.21. The number of rotatable bonds is 5. The Labute approximate surface area is 165 Å². The molecule has 0 radical (unpaired) electrons. The van der Waals surface area contributed by atoms with Crippen molar-refractivity contribution in [1.82, 2.24) is 5.32 Å². The van der Waals surface area contributed by atoms with Gasteiger partial charge in [-0.05, 0) is 37.1 Å². The molecule has 0 saturated heterocycles. The first kappa shape index (κ1) is 19.9. The van der Waals surface area contributed by atoms with Crippen molar-refractivity contribution in [2.75, 3.05) is 12.4 Å². The molecule has 0 aliphatic rings. The van der Waals surface area contributed by atoms with Gasteiger partial charge in [-0.25, -0.2) is 14.0 Å². The molecule has 8 heteroatoms.